The summed E-state index contributed by atoms with van der Waals surface area (Å²) in [6, 6.07) is 14.7. The number of amides is 1. The van der Waals surface area contributed by atoms with Gasteiger partial charge in [0.15, 0.2) is 0 Å². The summed E-state index contributed by atoms with van der Waals surface area (Å²) in [7, 11) is 0. The fraction of sp³-hybridized carbons (Fsp3) is 0.235. The Morgan fingerprint density at radius 3 is 2.55 bits per heavy atom. The van der Waals surface area contributed by atoms with Crippen molar-refractivity contribution in [2.75, 3.05) is 11.4 Å². The molecule has 0 aliphatic heterocycles. The molecule has 1 amide bonds. The molecule has 0 aliphatic carbocycles. The van der Waals surface area contributed by atoms with Gasteiger partial charge in [0.25, 0.3) is 0 Å². The molecule has 3 heteroatoms. The Bertz CT molecular complexity index is 607. The molecular weight excluding hydrogens is 250 g/mol. The van der Waals surface area contributed by atoms with Crippen LogP contribution in [0.2, 0.25) is 0 Å². The summed E-state index contributed by atoms with van der Waals surface area (Å²) >= 11 is 0. The molecule has 0 aromatic heterocycles. The third-order valence-electron chi connectivity index (χ3n) is 3.20. The highest BCUT2D eigenvalue weighted by molar-refractivity contribution is 5.94. The van der Waals surface area contributed by atoms with Gasteiger partial charge in [-0.25, -0.2) is 0 Å². The number of likely N-dealkylation sites (N-methyl/N-ethyl adjacent to an activating group) is 1. The van der Waals surface area contributed by atoms with Crippen molar-refractivity contribution in [2.24, 2.45) is 0 Å². The number of hydrogen-bond donors (Lipinski definition) is 1. The zero-order valence-corrected chi connectivity index (χ0v) is 11.8. The van der Waals surface area contributed by atoms with Crippen LogP contribution in [0.25, 0.3) is 0 Å². The van der Waals surface area contributed by atoms with Crippen molar-refractivity contribution in [2.45, 2.75) is 20.3 Å². The highest BCUT2D eigenvalue weighted by Gasteiger charge is 2.14. The van der Waals surface area contributed by atoms with Gasteiger partial charge in [-0.3, -0.25) is 4.79 Å². The van der Waals surface area contributed by atoms with E-state index < -0.39 is 0 Å². The van der Waals surface area contributed by atoms with Crippen molar-refractivity contribution in [3.63, 3.8) is 0 Å². The standard InChI is InChI=1S/C17H19NO2/c1-3-18(15-8-4-6-13(2)10-15)17(20)12-14-7-5-9-16(19)11-14/h4-11,19H,3,12H2,1-2H3. The van der Waals surface area contributed by atoms with Gasteiger partial charge in [0.1, 0.15) is 5.75 Å². The van der Waals surface area contributed by atoms with Crippen LogP contribution in [-0.4, -0.2) is 17.6 Å². The summed E-state index contributed by atoms with van der Waals surface area (Å²) < 4.78 is 0. The molecule has 0 heterocycles. The molecule has 2 rings (SSSR count). The maximum absolute atomic E-state index is 12.4. The number of aryl methyl sites for hydroxylation is 1. The molecule has 20 heavy (non-hydrogen) atoms. The van der Waals surface area contributed by atoms with Crippen molar-refractivity contribution in [3.8, 4) is 5.75 Å². The van der Waals surface area contributed by atoms with Gasteiger partial charge >= 0.3 is 0 Å². The SMILES string of the molecule is CCN(C(=O)Cc1cccc(O)c1)c1cccc(C)c1. The number of phenolic OH excluding ortho intramolecular Hbond substituents is 1. The second-order valence-electron chi connectivity index (χ2n) is 4.82. The van der Waals surface area contributed by atoms with Crippen molar-refractivity contribution in [1.29, 1.82) is 0 Å². The first-order valence-corrected chi connectivity index (χ1v) is 6.75. The Kier molecular flexibility index (Phi) is 4.41. The van der Waals surface area contributed by atoms with Crippen LogP contribution >= 0.6 is 0 Å². The van der Waals surface area contributed by atoms with Crippen LogP contribution in [0.5, 0.6) is 5.75 Å². The van der Waals surface area contributed by atoms with Crippen LogP contribution in [-0.2, 0) is 11.2 Å². The van der Waals surface area contributed by atoms with E-state index in [1.54, 1.807) is 23.1 Å². The maximum atomic E-state index is 12.4. The fourth-order valence-electron chi connectivity index (χ4n) is 2.24. The number of hydrogen-bond acceptors (Lipinski definition) is 2. The fourth-order valence-corrected chi connectivity index (χ4v) is 2.24. The minimum atomic E-state index is 0.0312. The molecule has 3 nitrogen and oxygen atoms in total. The lowest BCUT2D eigenvalue weighted by molar-refractivity contribution is -0.117. The normalized spacial score (nSPS) is 10.3. The predicted molar refractivity (Wildman–Crippen MR) is 81.0 cm³/mol. The number of nitrogens with zero attached hydrogens (tertiary/aromatic N) is 1. The summed E-state index contributed by atoms with van der Waals surface area (Å²) in [5.74, 6) is 0.220. The second kappa shape index (κ2) is 6.24. The van der Waals surface area contributed by atoms with E-state index >= 15 is 0 Å². The van der Waals surface area contributed by atoms with Crippen LogP contribution in [0.4, 0.5) is 5.69 Å². The molecule has 0 saturated carbocycles. The minimum absolute atomic E-state index is 0.0312. The molecule has 0 atom stereocenters. The Labute approximate surface area is 119 Å². The lowest BCUT2D eigenvalue weighted by atomic mass is 10.1. The van der Waals surface area contributed by atoms with Crippen LogP contribution < -0.4 is 4.90 Å². The number of aromatic hydroxyl groups is 1. The average molecular weight is 269 g/mol. The van der Waals surface area contributed by atoms with Crippen LogP contribution in [0.15, 0.2) is 48.5 Å². The summed E-state index contributed by atoms with van der Waals surface area (Å²) in [6.07, 6.45) is 0.288. The largest absolute Gasteiger partial charge is 0.508 e. The Morgan fingerprint density at radius 2 is 1.90 bits per heavy atom. The van der Waals surface area contributed by atoms with Gasteiger partial charge in [-0.2, -0.15) is 0 Å². The highest BCUT2D eigenvalue weighted by atomic mass is 16.3. The Balaban J connectivity index is 2.17. The number of carbonyl (C=O) groups is 1. The van der Waals surface area contributed by atoms with Gasteiger partial charge in [0, 0.05) is 12.2 Å². The van der Waals surface area contributed by atoms with Gasteiger partial charge in [0.2, 0.25) is 5.91 Å². The minimum Gasteiger partial charge on any atom is -0.508 e. The molecule has 0 bridgehead atoms. The lowest BCUT2D eigenvalue weighted by Gasteiger charge is -2.21. The molecule has 1 N–H and O–H groups in total. The summed E-state index contributed by atoms with van der Waals surface area (Å²) in [5.41, 5.74) is 2.87. The van der Waals surface area contributed by atoms with Gasteiger partial charge in [0.05, 0.1) is 6.42 Å². The summed E-state index contributed by atoms with van der Waals surface area (Å²) in [4.78, 5) is 14.2. The molecule has 0 fully saturated rings. The van der Waals surface area contributed by atoms with E-state index in [4.69, 9.17) is 0 Å². The second-order valence-corrected chi connectivity index (χ2v) is 4.82. The highest BCUT2D eigenvalue weighted by Crippen LogP contribution is 2.18. The number of anilines is 1. The van der Waals surface area contributed by atoms with Gasteiger partial charge in [-0.05, 0) is 49.2 Å². The van der Waals surface area contributed by atoms with Crippen molar-refractivity contribution < 1.29 is 9.90 Å². The molecule has 0 saturated heterocycles. The lowest BCUT2D eigenvalue weighted by Crippen LogP contribution is -2.32. The van der Waals surface area contributed by atoms with Gasteiger partial charge < -0.3 is 10.0 Å². The number of rotatable bonds is 4. The molecule has 0 spiro atoms. The van der Waals surface area contributed by atoms with Crippen LogP contribution in [0.1, 0.15) is 18.1 Å². The first kappa shape index (κ1) is 14.1. The summed E-state index contributed by atoms with van der Waals surface area (Å²) in [6.45, 7) is 4.60. The Morgan fingerprint density at radius 1 is 1.15 bits per heavy atom. The van der Waals surface area contributed by atoms with E-state index in [0.717, 1.165) is 16.8 Å². The molecule has 104 valence electrons. The molecular formula is C17H19NO2. The van der Waals surface area contributed by atoms with E-state index in [-0.39, 0.29) is 18.1 Å². The monoisotopic (exact) mass is 269 g/mol. The third-order valence-corrected chi connectivity index (χ3v) is 3.20. The smallest absolute Gasteiger partial charge is 0.231 e. The van der Waals surface area contributed by atoms with E-state index in [9.17, 15) is 9.90 Å². The predicted octanol–water partition coefficient (Wildman–Crippen LogP) is 3.30. The zero-order chi connectivity index (χ0) is 14.5. The van der Waals surface area contributed by atoms with Crippen LogP contribution in [0.3, 0.4) is 0 Å². The number of carbonyl (C=O) groups excluding carboxylic acids is 1. The van der Waals surface area contributed by atoms with Crippen molar-refractivity contribution >= 4 is 11.6 Å². The molecule has 0 radical (unpaired) electrons. The number of benzene rings is 2. The van der Waals surface area contributed by atoms with E-state index in [2.05, 4.69) is 0 Å². The zero-order valence-electron chi connectivity index (χ0n) is 11.8. The van der Waals surface area contributed by atoms with Crippen molar-refractivity contribution in [3.05, 3.63) is 59.7 Å². The average Bonchev–Trinajstić information content (AvgIpc) is 2.39. The van der Waals surface area contributed by atoms with Crippen molar-refractivity contribution in [1.82, 2.24) is 0 Å². The topological polar surface area (TPSA) is 40.5 Å². The van der Waals surface area contributed by atoms with Crippen LogP contribution in [0, 0.1) is 6.92 Å². The van der Waals surface area contributed by atoms with Gasteiger partial charge in [-0.1, -0.05) is 24.3 Å². The summed E-state index contributed by atoms with van der Waals surface area (Å²) in [5, 5.41) is 9.45. The maximum Gasteiger partial charge on any atom is 0.231 e. The third kappa shape index (κ3) is 3.38. The first-order chi connectivity index (χ1) is 9.60. The first-order valence-electron chi connectivity index (χ1n) is 6.75. The van der Waals surface area contributed by atoms with E-state index in [0.29, 0.717) is 6.54 Å². The molecule has 2 aromatic rings. The van der Waals surface area contributed by atoms with E-state index in [1.165, 1.54) is 0 Å². The quantitative estimate of drug-likeness (QED) is 0.925. The van der Waals surface area contributed by atoms with Gasteiger partial charge in [-0.15, -0.1) is 0 Å². The Hall–Kier alpha value is -2.29. The number of phenols is 1. The molecule has 2 aromatic carbocycles. The molecule has 0 unspecified atom stereocenters. The molecule has 0 aliphatic rings. The van der Waals surface area contributed by atoms with E-state index in [1.807, 2.05) is 44.2 Å².